The molecule has 1 aliphatic heterocycles. The highest BCUT2D eigenvalue weighted by Crippen LogP contribution is 2.46. The molecule has 168 valence electrons. The number of carbonyl (C=O) groups excluding carboxylic acids is 1. The molecule has 0 fully saturated rings. The number of nitrogens with one attached hydrogen (secondary N) is 3. The number of aromatic amines is 2. The maximum Gasteiger partial charge on any atom is 0.327 e. The summed E-state index contributed by atoms with van der Waals surface area (Å²) in [6.07, 6.45) is 4.08. The summed E-state index contributed by atoms with van der Waals surface area (Å²) in [5, 5.41) is 3.17. The summed E-state index contributed by atoms with van der Waals surface area (Å²) in [5.41, 5.74) is 2.04. The maximum absolute atomic E-state index is 13.5. The average Bonchev–Trinajstić information content (AvgIpc) is 2.82. The van der Waals surface area contributed by atoms with Gasteiger partial charge in [0.15, 0.2) is 17.3 Å². The Balaban J connectivity index is 1.62. The number of Topliss-reactive ketones (excluding diaryl/α,β-unsaturated/α-hetero) is 1. The van der Waals surface area contributed by atoms with E-state index < -0.39 is 17.2 Å². The van der Waals surface area contributed by atoms with Crippen molar-refractivity contribution in [3.8, 4) is 11.5 Å². The average molecular weight is 446 g/mol. The van der Waals surface area contributed by atoms with Gasteiger partial charge in [-0.3, -0.25) is 24.5 Å². The third-order valence-corrected chi connectivity index (χ3v) is 6.24. The second-order valence-corrected chi connectivity index (χ2v) is 8.08. The van der Waals surface area contributed by atoms with Crippen LogP contribution in [0.4, 0.5) is 5.82 Å². The number of aromatic nitrogens is 3. The Morgan fingerprint density at radius 1 is 0.970 bits per heavy atom. The standard InChI is InChI=1S/C24H22N4O5/c1-32-17-6-5-12(10-18(17)33-2)14-8-15-20(16(29)9-14)19(13-4-3-7-25-11-13)21-22(26-15)27-24(31)28-23(21)30/h3-7,10-11,14,19H,8-9H2,1-2H3,(H3,26,27,28,30,31). The number of pyridine rings is 1. The summed E-state index contributed by atoms with van der Waals surface area (Å²) in [6, 6.07) is 9.21. The fourth-order valence-corrected chi connectivity index (χ4v) is 4.77. The fourth-order valence-electron chi connectivity index (χ4n) is 4.77. The molecule has 33 heavy (non-hydrogen) atoms. The lowest BCUT2D eigenvalue weighted by atomic mass is 9.73. The van der Waals surface area contributed by atoms with Crippen LogP contribution in [-0.2, 0) is 4.79 Å². The van der Waals surface area contributed by atoms with Crippen molar-refractivity contribution >= 4 is 11.6 Å². The molecule has 0 saturated heterocycles. The molecular formula is C24H22N4O5. The first-order valence-corrected chi connectivity index (χ1v) is 10.5. The van der Waals surface area contributed by atoms with Crippen molar-refractivity contribution in [3.63, 3.8) is 0 Å². The van der Waals surface area contributed by atoms with Gasteiger partial charge in [0, 0.05) is 36.0 Å². The highest BCUT2D eigenvalue weighted by atomic mass is 16.5. The molecular weight excluding hydrogens is 424 g/mol. The van der Waals surface area contributed by atoms with Crippen LogP contribution in [0.2, 0.25) is 0 Å². The number of nitrogens with zero attached hydrogens (tertiary/aromatic N) is 1. The number of anilines is 1. The predicted octanol–water partition coefficient (Wildman–Crippen LogP) is 2.43. The largest absolute Gasteiger partial charge is 0.493 e. The molecule has 1 aromatic carbocycles. The highest BCUT2D eigenvalue weighted by molar-refractivity contribution is 6.01. The van der Waals surface area contributed by atoms with Crippen LogP contribution in [0.5, 0.6) is 11.5 Å². The number of ketones is 1. The number of H-pyrrole nitrogens is 2. The minimum absolute atomic E-state index is 0.0614. The molecule has 3 N–H and O–H groups in total. The lowest BCUT2D eigenvalue weighted by Gasteiger charge is -2.35. The van der Waals surface area contributed by atoms with Crippen LogP contribution in [-0.4, -0.2) is 35.0 Å². The van der Waals surface area contributed by atoms with Gasteiger partial charge in [-0.15, -0.1) is 0 Å². The molecule has 2 atom stereocenters. The van der Waals surface area contributed by atoms with Gasteiger partial charge in [0.25, 0.3) is 5.56 Å². The zero-order valence-electron chi connectivity index (χ0n) is 18.1. The monoisotopic (exact) mass is 446 g/mol. The minimum Gasteiger partial charge on any atom is -0.493 e. The molecule has 2 unspecified atom stereocenters. The van der Waals surface area contributed by atoms with Crippen molar-refractivity contribution < 1.29 is 14.3 Å². The van der Waals surface area contributed by atoms with E-state index in [-0.39, 0.29) is 18.1 Å². The van der Waals surface area contributed by atoms with E-state index in [9.17, 15) is 14.4 Å². The maximum atomic E-state index is 13.5. The van der Waals surface area contributed by atoms with E-state index in [1.165, 1.54) is 0 Å². The SMILES string of the molecule is COc1ccc(C2CC(=O)C3=C(C2)Nc2[nH]c(=O)[nH]c(=O)c2C3c2cccnc2)cc1OC. The summed E-state index contributed by atoms with van der Waals surface area (Å²) < 4.78 is 10.8. The van der Waals surface area contributed by atoms with Crippen LogP contribution in [0.3, 0.4) is 0 Å². The molecule has 3 aromatic rings. The number of allylic oxidation sites excluding steroid dienone is 2. The molecule has 0 bridgehead atoms. The number of rotatable bonds is 4. The van der Waals surface area contributed by atoms with Gasteiger partial charge in [-0.05, 0) is 41.7 Å². The molecule has 3 heterocycles. The van der Waals surface area contributed by atoms with Crippen molar-refractivity contribution in [3.05, 3.63) is 91.5 Å². The molecule has 0 amide bonds. The van der Waals surface area contributed by atoms with Crippen LogP contribution >= 0.6 is 0 Å². The fraction of sp³-hybridized carbons (Fsp3) is 0.250. The second kappa shape index (κ2) is 8.09. The summed E-state index contributed by atoms with van der Waals surface area (Å²) in [6.45, 7) is 0. The first-order chi connectivity index (χ1) is 16.0. The summed E-state index contributed by atoms with van der Waals surface area (Å²) in [7, 11) is 3.14. The van der Waals surface area contributed by atoms with Gasteiger partial charge in [-0.25, -0.2) is 4.79 Å². The minimum atomic E-state index is -0.621. The molecule has 1 aliphatic carbocycles. The Bertz CT molecular complexity index is 1390. The summed E-state index contributed by atoms with van der Waals surface area (Å²) in [4.78, 5) is 47.4. The van der Waals surface area contributed by atoms with Gasteiger partial charge in [0.05, 0.1) is 19.8 Å². The summed E-state index contributed by atoms with van der Waals surface area (Å²) >= 11 is 0. The molecule has 0 spiro atoms. The highest BCUT2D eigenvalue weighted by Gasteiger charge is 2.40. The van der Waals surface area contributed by atoms with Crippen LogP contribution in [0.25, 0.3) is 0 Å². The number of fused-ring (bicyclic) bond motifs is 1. The van der Waals surface area contributed by atoms with Gasteiger partial charge in [-0.2, -0.15) is 0 Å². The Hall–Kier alpha value is -4.14. The van der Waals surface area contributed by atoms with E-state index in [1.807, 2.05) is 24.3 Å². The van der Waals surface area contributed by atoms with Gasteiger partial charge in [-0.1, -0.05) is 12.1 Å². The zero-order chi connectivity index (χ0) is 23.1. The number of hydrogen-bond acceptors (Lipinski definition) is 7. The molecule has 0 saturated carbocycles. The van der Waals surface area contributed by atoms with E-state index in [1.54, 1.807) is 32.7 Å². The normalized spacial score (nSPS) is 19.4. The van der Waals surface area contributed by atoms with Crippen LogP contribution in [0.1, 0.15) is 41.4 Å². The van der Waals surface area contributed by atoms with E-state index in [2.05, 4.69) is 20.3 Å². The van der Waals surface area contributed by atoms with Gasteiger partial charge in [0.2, 0.25) is 0 Å². The van der Waals surface area contributed by atoms with E-state index in [0.29, 0.717) is 46.1 Å². The number of carbonyl (C=O) groups is 1. The molecule has 0 radical (unpaired) electrons. The van der Waals surface area contributed by atoms with Gasteiger partial charge < -0.3 is 14.8 Å². The third kappa shape index (κ3) is 3.51. The first kappa shape index (κ1) is 20.7. The predicted molar refractivity (Wildman–Crippen MR) is 121 cm³/mol. The Morgan fingerprint density at radius 3 is 2.52 bits per heavy atom. The number of methoxy groups -OCH3 is 2. The van der Waals surface area contributed by atoms with Crippen LogP contribution in [0.15, 0.2) is 63.6 Å². The smallest absolute Gasteiger partial charge is 0.327 e. The zero-order valence-corrected chi connectivity index (χ0v) is 18.1. The van der Waals surface area contributed by atoms with Crippen LogP contribution < -0.4 is 26.0 Å². The Labute approximate surface area is 188 Å². The number of benzene rings is 1. The van der Waals surface area contributed by atoms with Crippen molar-refractivity contribution in [2.75, 3.05) is 19.5 Å². The summed E-state index contributed by atoms with van der Waals surface area (Å²) in [5.74, 6) is 0.721. The molecule has 2 aliphatic rings. The van der Waals surface area contributed by atoms with Gasteiger partial charge >= 0.3 is 5.69 Å². The molecule has 9 nitrogen and oxygen atoms in total. The Morgan fingerprint density at radius 2 is 1.79 bits per heavy atom. The van der Waals surface area contributed by atoms with Gasteiger partial charge in [0.1, 0.15) is 5.82 Å². The quantitative estimate of drug-likeness (QED) is 0.562. The first-order valence-electron chi connectivity index (χ1n) is 10.5. The van der Waals surface area contributed by atoms with Crippen molar-refractivity contribution in [1.29, 1.82) is 0 Å². The number of hydrogen-bond donors (Lipinski definition) is 3. The van der Waals surface area contributed by atoms with E-state index in [0.717, 1.165) is 5.56 Å². The number of ether oxygens (including phenoxy) is 2. The third-order valence-electron chi connectivity index (χ3n) is 6.24. The molecule has 2 aromatic heterocycles. The lowest BCUT2D eigenvalue weighted by Crippen LogP contribution is -2.37. The van der Waals surface area contributed by atoms with Crippen molar-refractivity contribution in [2.24, 2.45) is 0 Å². The van der Waals surface area contributed by atoms with Crippen molar-refractivity contribution in [1.82, 2.24) is 15.0 Å². The molecule has 5 rings (SSSR count). The van der Waals surface area contributed by atoms with E-state index in [4.69, 9.17) is 9.47 Å². The molecule has 9 heteroatoms. The Kier molecular flexibility index (Phi) is 5.08. The topological polar surface area (TPSA) is 126 Å². The lowest BCUT2D eigenvalue weighted by molar-refractivity contribution is -0.116. The van der Waals surface area contributed by atoms with E-state index >= 15 is 0 Å². The van der Waals surface area contributed by atoms with Crippen LogP contribution in [0, 0.1) is 0 Å². The van der Waals surface area contributed by atoms with Crippen molar-refractivity contribution in [2.45, 2.75) is 24.7 Å². The second-order valence-electron chi connectivity index (χ2n) is 8.08.